The first-order chi connectivity index (χ1) is 8.99. The number of nitrogens with two attached hydrogens (primary N) is 1. The van der Waals surface area contributed by atoms with Gasteiger partial charge in [-0.15, -0.1) is 0 Å². The van der Waals surface area contributed by atoms with Gasteiger partial charge in [0.15, 0.2) is 11.6 Å². The van der Waals surface area contributed by atoms with Gasteiger partial charge in [0.05, 0.1) is 18.5 Å². The third-order valence-corrected chi connectivity index (χ3v) is 2.82. The summed E-state index contributed by atoms with van der Waals surface area (Å²) < 4.78 is 18.4. The van der Waals surface area contributed by atoms with E-state index in [0.29, 0.717) is 11.4 Å². The Morgan fingerprint density at radius 2 is 1.68 bits per heavy atom. The van der Waals surface area contributed by atoms with Crippen LogP contribution in [0.3, 0.4) is 0 Å². The van der Waals surface area contributed by atoms with Gasteiger partial charge < -0.3 is 15.8 Å². The van der Waals surface area contributed by atoms with Gasteiger partial charge in [-0.25, -0.2) is 4.39 Å². The fourth-order valence-electron chi connectivity index (χ4n) is 2.04. The Kier molecular flexibility index (Phi) is 3.60. The first kappa shape index (κ1) is 13.2. The van der Waals surface area contributed by atoms with Crippen LogP contribution in [-0.2, 0) is 0 Å². The van der Waals surface area contributed by atoms with E-state index in [1.807, 2.05) is 26.0 Å². The number of halogens is 1. The molecule has 0 amide bonds. The van der Waals surface area contributed by atoms with Crippen molar-refractivity contribution in [1.82, 2.24) is 0 Å². The molecule has 2 aromatic rings. The maximum Gasteiger partial charge on any atom is 0.167 e. The monoisotopic (exact) mass is 260 g/mol. The lowest BCUT2D eigenvalue weighted by molar-refractivity contribution is 0.387. The van der Waals surface area contributed by atoms with Crippen LogP contribution in [0.1, 0.15) is 11.1 Å². The predicted molar refractivity (Wildman–Crippen MR) is 76.6 cm³/mol. The fourth-order valence-corrected chi connectivity index (χ4v) is 2.04. The van der Waals surface area contributed by atoms with E-state index in [2.05, 4.69) is 11.4 Å². The summed E-state index contributed by atoms with van der Waals surface area (Å²) in [5.41, 5.74) is 10.00. The van der Waals surface area contributed by atoms with Crippen LogP contribution in [0.25, 0.3) is 0 Å². The van der Waals surface area contributed by atoms with Crippen molar-refractivity contribution in [2.45, 2.75) is 13.8 Å². The number of nitrogens with one attached hydrogen (secondary N) is 1. The largest absolute Gasteiger partial charge is 0.494 e. The Morgan fingerprint density at radius 1 is 1.05 bits per heavy atom. The summed E-state index contributed by atoms with van der Waals surface area (Å²) in [6, 6.07) is 8.90. The lowest BCUT2D eigenvalue weighted by atomic mass is 10.1. The van der Waals surface area contributed by atoms with E-state index in [9.17, 15) is 4.39 Å². The zero-order chi connectivity index (χ0) is 14.0. The van der Waals surface area contributed by atoms with Gasteiger partial charge >= 0.3 is 0 Å². The van der Waals surface area contributed by atoms with Crippen molar-refractivity contribution >= 4 is 17.1 Å². The molecule has 0 saturated heterocycles. The Hall–Kier alpha value is -2.23. The number of nitrogen functional groups attached to an aromatic ring is 1. The van der Waals surface area contributed by atoms with Crippen LogP contribution in [0, 0.1) is 19.7 Å². The third-order valence-electron chi connectivity index (χ3n) is 2.82. The quantitative estimate of drug-likeness (QED) is 0.826. The molecule has 0 atom stereocenters. The van der Waals surface area contributed by atoms with Crippen molar-refractivity contribution in [3.8, 4) is 5.75 Å². The van der Waals surface area contributed by atoms with Gasteiger partial charge in [-0.1, -0.05) is 6.07 Å². The Labute approximate surface area is 112 Å². The molecule has 3 N–H and O–H groups in total. The molecule has 19 heavy (non-hydrogen) atoms. The molecule has 0 spiro atoms. The average molecular weight is 260 g/mol. The highest BCUT2D eigenvalue weighted by molar-refractivity contribution is 5.74. The minimum atomic E-state index is -0.467. The Morgan fingerprint density at radius 3 is 2.26 bits per heavy atom. The first-order valence-corrected chi connectivity index (χ1v) is 5.98. The highest BCUT2D eigenvalue weighted by Gasteiger charge is 2.08. The lowest BCUT2D eigenvalue weighted by Crippen LogP contribution is -1.99. The molecule has 0 aliphatic carbocycles. The second-order valence-corrected chi connectivity index (χ2v) is 4.58. The van der Waals surface area contributed by atoms with E-state index in [0.717, 1.165) is 16.8 Å². The summed E-state index contributed by atoms with van der Waals surface area (Å²) in [7, 11) is 1.43. The minimum Gasteiger partial charge on any atom is -0.494 e. The lowest BCUT2D eigenvalue weighted by Gasteiger charge is -2.13. The van der Waals surface area contributed by atoms with E-state index in [-0.39, 0.29) is 5.75 Å². The number of hydrogen-bond acceptors (Lipinski definition) is 3. The van der Waals surface area contributed by atoms with Crippen LogP contribution in [0.15, 0.2) is 30.3 Å². The van der Waals surface area contributed by atoms with Crippen molar-refractivity contribution in [1.29, 1.82) is 0 Å². The number of anilines is 3. The zero-order valence-electron chi connectivity index (χ0n) is 11.3. The molecule has 0 heterocycles. The second-order valence-electron chi connectivity index (χ2n) is 4.58. The van der Waals surface area contributed by atoms with Crippen molar-refractivity contribution in [2.24, 2.45) is 0 Å². The molecule has 0 aliphatic heterocycles. The topological polar surface area (TPSA) is 47.3 Å². The van der Waals surface area contributed by atoms with Gasteiger partial charge in [-0.05, 0) is 37.1 Å². The van der Waals surface area contributed by atoms with E-state index in [1.165, 1.54) is 13.2 Å². The van der Waals surface area contributed by atoms with E-state index < -0.39 is 5.82 Å². The van der Waals surface area contributed by atoms with Crippen LogP contribution in [0.4, 0.5) is 21.5 Å². The van der Waals surface area contributed by atoms with Gasteiger partial charge in [0.1, 0.15) is 0 Å². The van der Waals surface area contributed by atoms with E-state index in [4.69, 9.17) is 10.5 Å². The zero-order valence-corrected chi connectivity index (χ0v) is 11.3. The molecule has 0 aliphatic rings. The Bertz CT molecular complexity index is 591. The molecule has 2 aromatic carbocycles. The maximum absolute atomic E-state index is 13.5. The first-order valence-electron chi connectivity index (χ1n) is 5.98. The molecule has 100 valence electrons. The summed E-state index contributed by atoms with van der Waals surface area (Å²) in [5, 5.41) is 3.18. The van der Waals surface area contributed by atoms with Gasteiger partial charge in [0.2, 0.25) is 0 Å². The molecule has 3 nitrogen and oxygen atoms in total. The van der Waals surface area contributed by atoms with Crippen LogP contribution in [-0.4, -0.2) is 7.11 Å². The highest BCUT2D eigenvalue weighted by Crippen LogP contribution is 2.30. The van der Waals surface area contributed by atoms with Crippen LogP contribution < -0.4 is 15.8 Å². The van der Waals surface area contributed by atoms with Crippen LogP contribution >= 0.6 is 0 Å². The molecule has 4 heteroatoms. The number of methoxy groups -OCH3 is 1. The third kappa shape index (κ3) is 2.96. The summed E-state index contributed by atoms with van der Waals surface area (Å²) in [6.45, 7) is 4.04. The average Bonchev–Trinajstić information content (AvgIpc) is 2.31. The number of aryl methyl sites for hydroxylation is 2. The van der Waals surface area contributed by atoms with Gasteiger partial charge in [-0.3, -0.25) is 0 Å². The van der Waals surface area contributed by atoms with Crippen molar-refractivity contribution < 1.29 is 9.13 Å². The second kappa shape index (κ2) is 5.18. The molecule has 0 radical (unpaired) electrons. The van der Waals surface area contributed by atoms with Crippen LogP contribution in [0.5, 0.6) is 5.75 Å². The highest BCUT2D eigenvalue weighted by atomic mass is 19.1. The molecule has 0 saturated carbocycles. The Balaban J connectivity index is 2.37. The predicted octanol–water partition coefficient (Wildman–Crippen LogP) is 3.78. The van der Waals surface area contributed by atoms with Gasteiger partial charge in [-0.2, -0.15) is 0 Å². The summed E-state index contributed by atoms with van der Waals surface area (Å²) in [4.78, 5) is 0. The summed E-state index contributed by atoms with van der Waals surface area (Å²) in [5.74, 6) is -0.299. The SMILES string of the molecule is COc1cc(Nc2cc(C)cc(C)c2)c(N)cc1F. The number of rotatable bonds is 3. The maximum atomic E-state index is 13.5. The van der Waals surface area contributed by atoms with Gasteiger partial charge in [0.25, 0.3) is 0 Å². The van der Waals surface area contributed by atoms with Gasteiger partial charge in [0, 0.05) is 17.8 Å². The van der Waals surface area contributed by atoms with Crippen molar-refractivity contribution in [2.75, 3.05) is 18.2 Å². The summed E-state index contributed by atoms with van der Waals surface area (Å²) in [6.07, 6.45) is 0. The van der Waals surface area contributed by atoms with Crippen molar-refractivity contribution in [3.63, 3.8) is 0 Å². The van der Waals surface area contributed by atoms with Crippen molar-refractivity contribution in [3.05, 3.63) is 47.3 Å². The molecular formula is C15H17FN2O. The van der Waals surface area contributed by atoms with Crippen LogP contribution in [0.2, 0.25) is 0 Å². The number of ether oxygens (including phenoxy) is 1. The number of benzene rings is 2. The molecule has 0 bridgehead atoms. The molecule has 0 unspecified atom stereocenters. The minimum absolute atomic E-state index is 0.168. The number of hydrogen-bond donors (Lipinski definition) is 2. The standard InChI is InChI=1S/C15H17FN2O/c1-9-4-10(2)6-11(5-9)18-14-8-15(19-3)12(16)7-13(14)17/h4-8,18H,17H2,1-3H3. The smallest absolute Gasteiger partial charge is 0.167 e. The molecule has 2 rings (SSSR count). The van der Waals surface area contributed by atoms with E-state index >= 15 is 0 Å². The fraction of sp³-hybridized carbons (Fsp3) is 0.200. The normalized spacial score (nSPS) is 10.3. The molecular weight excluding hydrogens is 243 g/mol. The van der Waals surface area contributed by atoms with E-state index in [1.54, 1.807) is 6.07 Å². The summed E-state index contributed by atoms with van der Waals surface area (Å²) >= 11 is 0. The molecule has 0 aromatic heterocycles. The molecule has 0 fully saturated rings.